The molecular weight excluding hydrogens is 343 g/mol. The van der Waals surface area contributed by atoms with Gasteiger partial charge in [0.25, 0.3) is 0 Å². The fourth-order valence-corrected chi connectivity index (χ4v) is 2.33. The monoisotopic (exact) mass is 358 g/mol. The molecular formula is C12H15IN4O. The molecule has 1 amide bonds. The molecule has 0 unspecified atom stereocenters. The van der Waals surface area contributed by atoms with Gasteiger partial charge >= 0.3 is 0 Å². The molecule has 0 fully saturated rings. The third kappa shape index (κ3) is 2.74. The van der Waals surface area contributed by atoms with E-state index in [9.17, 15) is 4.79 Å². The molecule has 0 aliphatic rings. The molecule has 1 aromatic heterocycles. The van der Waals surface area contributed by atoms with Gasteiger partial charge in [0.1, 0.15) is 0 Å². The minimum atomic E-state index is 0.0317. The molecule has 0 radical (unpaired) electrons. The summed E-state index contributed by atoms with van der Waals surface area (Å²) in [4.78, 5) is 15.8. The van der Waals surface area contributed by atoms with Gasteiger partial charge in [0.15, 0.2) is 0 Å². The zero-order chi connectivity index (χ0) is 13.1. The highest BCUT2D eigenvalue weighted by Gasteiger charge is 2.09. The number of hydrogen-bond acceptors (Lipinski definition) is 3. The Morgan fingerprint density at radius 1 is 1.56 bits per heavy atom. The van der Waals surface area contributed by atoms with E-state index in [0.717, 1.165) is 14.6 Å². The molecule has 5 nitrogen and oxygen atoms in total. The summed E-state index contributed by atoms with van der Waals surface area (Å²) >= 11 is 2.24. The molecule has 0 saturated carbocycles. The lowest BCUT2D eigenvalue weighted by Gasteiger charge is -2.06. The van der Waals surface area contributed by atoms with Crippen LogP contribution in [0.15, 0.2) is 18.2 Å². The molecule has 2 rings (SSSR count). The van der Waals surface area contributed by atoms with Gasteiger partial charge in [-0.25, -0.2) is 4.98 Å². The Bertz CT molecular complexity index is 579. The minimum Gasteiger partial charge on any atom is -0.369 e. The van der Waals surface area contributed by atoms with Crippen LogP contribution in [0.2, 0.25) is 0 Å². The van der Waals surface area contributed by atoms with Gasteiger partial charge in [0.2, 0.25) is 11.9 Å². The molecule has 0 bridgehead atoms. The van der Waals surface area contributed by atoms with Gasteiger partial charge in [-0.15, -0.1) is 0 Å². The number of nitrogens with one attached hydrogen (secondary N) is 1. The molecule has 0 aliphatic carbocycles. The van der Waals surface area contributed by atoms with Crippen molar-refractivity contribution in [1.82, 2.24) is 14.9 Å². The third-order valence-corrected chi connectivity index (χ3v) is 3.35. The highest BCUT2D eigenvalue weighted by molar-refractivity contribution is 14.1. The Hall–Kier alpha value is -1.31. The van der Waals surface area contributed by atoms with E-state index >= 15 is 0 Å². The Morgan fingerprint density at radius 3 is 3.06 bits per heavy atom. The Kier molecular flexibility index (Phi) is 4.05. The van der Waals surface area contributed by atoms with Crippen molar-refractivity contribution in [3.63, 3.8) is 0 Å². The number of carbonyl (C=O) groups is 1. The lowest BCUT2D eigenvalue weighted by Crippen LogP contribution is -2.24. The second-order valence-corrected chi connectivity index (χ2v) is 5.20. The second-order valence-electron chi connectivity index (χ2n) is 3.96. The zero-order valence-electron chi connectivity index (χ0n) is 10.1. The summed E-state index contributed by atoms with van der Waals surface area (Å²) < 4.78 is 2.99. The van der Waals surface area contributed by atoms with E-state index < -0.39 is 0 Å². The van der Waals surface area contributed by atoms with E-state index in [1.165, 1.54) is 0 Å². The number of amides is 1. The maximum absolute atomic E-state index is 11.5. The number of nitrogen functional groups attached to an aromatic ring is 1. The lowest BCUT2D eigenvalue weighted by atomic mass is 10.3. The van der Waals surface area contributed by atoms with Crippen molar-refractivity contribution in [2.75, 3.05) is 12.3 Å². The van der Waals surface area contributed by atoms with Crippen molar-refractivity contribution in [2.24, 2.45) is 0 Å². The average Bonchev–Trinajstić information content (AvgIpc) is 2.61. The normalized spacial score (nSPS) is 10.8. The van der Waals surface area contributed by atoms with E-state index in [1.54, 1.807) is 0 Å². The first-order chi connectivity index (χ1) is 8.61. The molecule has 0 atom stereocenters. The van der Waals surface area contributed by atoms with Gasteiger partial charge in [0.05, 0.1) is 11.0 Å². The fourth-order valence-electron chi connectivity index (χ4n) is 1.86. The predicted octanol–water partition coefficient (Wildman–Crippen LogP) is 1.75. The fraction of sp³-hybridized carbons (Fsp3) is 0.333. The Morgan fingerprint density at radius 2 is 2.33 bits per heavy atom. The highest BCUT2D eigenvalue weighted by atomic mass is 127. The summed E-state index contributed by atoms with van der Waals surface area (Å²) in [5.74, 6) is 0.487. The summed E-state index contributed by atoms with van der Waals surface area (Å²) in [5, 5.41) is 2.77. The van der Waals surface area contributed by atoms with Crippen molar-refractivity contribution in [1.29, 1.82) is 0 Å². The third-order valence-electron chi connectivity index (χ3n) is 2.68. The van der Waals surface area contributed by atoms with Gasteiger partial charge in [-0.2, -0.15) is 0 Å². The van der Waals surface area contributed by atoms with E-state index in [1.807, 2.05) is 29.7 Å². The van der Waals surface area contributed by atoms with E-state index in [2.05, 4.69) is 32.9 Å². The topological polar surface area (TPSA) is 72.9 Å². The summed E-state index contributed by atoms with van der Waals surface area (Å²) in [7, 11) is 0. The van der Waals surface area contributed by atoms with Crippen LogP contribution in [-0.4, -0.2) is 22.0 Å². The van der Waals surface area contributed by atoms with Gasteiger partial charge in [-0.05, 0) is 47.7 Å². The SMILES string of the molecule is CCNC(=O)CCn1c(N)nc2cc(I)ccc21. The van der Waals surface area contributed by atoms with Crippen molar-refractivity contribution >= 4 is 45.5 Å². The molecule has 0 spiro atoms. The zero-order valence-corrected chi connectivity index (χ0v) is 12.3. The number of nitrogens with two attached hydrogens (primary N) is 1. The standard InChI is InChI=1S/C12H15IN4O/c1-2-15-11(18)5-6-17-10-4-3-8(13)7-9(10)16-12(17)14/h3-4,7H,2,5-6H2,1H3,(H2,14,16)(H,15,18). The molecule has 6 heteroatoms. The van der Waals surface area contributed by atoms with Crippen LogP contribution in [0.4, 0.5) is 5.95 Å². The van der Waals surface area contributed by atoms with Crippen molar-refractivity contribution < 1.29 is 4.79 Å². The summed E-state index contributed by atoms with van der Waals surface area (Å²) in [6.45, 7) is 3.10. The van der Waals surface area contributed by atoms with Crippen LogP contribution < -0.4 is 11.1 Å². The lowest BCUT2D eigenvalue weighted by molar-refractivity contribution is -0.121. The number of aromatic nitrogens is 2. The van der Waals surface area contributed by atoms with Crippen molar-refractivity contribution in [3.05, 3.63) is 21.8 Å². The van der Waals surface area contributed by atoms with E-state index in [0.29, 0.717) is 25.5 Å². The van der Waals surface area contributed by atoms with Crippen molar-refractivity contribution in [2.45, 2.75) is 19.9 Å². The van der Waals surface area contributed by atoms with Crippen LogP contribution in [0.1, 0.15) is 13.3 Å². The van der Waals surface area contributed by atoms with Crippen LogP contribution in [0.25, 0.3) is 11.0 Å². The number of hydrogen-bond donors (Lipinski definition) is 2. The van der Waals surface area contributed by atoms with Crippen LogP contribution >= 0.6 is 22.6 Å². The second kappa shape index (κ2) is 5.55. The first-order valence-corrected chi connectivity index (χ1v) is 6.87. The number of imidazole rings is 1. The van der Waals surface area contributed by atoms with Crippen LogP contribution in [0.3, 0.4) is 0 Å². The van der Waals surface area contributed by atoms with Gasteiger partial charge in [0, 0.05) is 23.1 Å². The van der Waals surface area contributed by atoms with E-state index in [-0.39, 0.29) is 5.91 Å². The first-order valence-electron chi connectivity index (χ1n) is 5.79. The van der Waals surface area contributed by atoms with Gasteiger partial charge in [-0.1, -0.05) is 0 Å². The molecule has 0 aliphatic heterocycles. The van der Waals surface area contributed by atoms with E-state index in [4.69, 9.17) is 5.73 Å². The predicted molar refractivity (Wildman–Crippen MR) is 80.2 cm³/mol. The largest absolute Gasteiger partial charge is 0.369 e. The van der Waals surface area contributed by atoms with Crippen LogP contribution in [0.5, 0.6) is 0 Å². The number of anilines is 1. The summed E-state index contributed by atoms with van der Waals surface area (Å²) in [6.07, 6.45) is 0.412. The number of halogens is 1. The van der Waals surface area contributed by atoms with Crippen molar-refractivity contribution in [3.8, 4) is 0 Å². The van der Waals surface area contributed by atoms with Crippen LogP contribution in [-0.2, 0) is 11.3 Å². The van der Waals surface area contributed by atoms with Gasteiger partial charge < -0.3 is 15.6 Å². The molecule has 96 valence electrons. The number of fused-ring (bicyclic) bond motifs is 1. The quantitative estimate of drug-likeness (QED) is 0.818. The smallest absolute Gasteiger partial charge is 0.221 e. The first kappa shape index (κ1) is 13.1. The molecule has 3 N–H and O–H groups in total. The molecule has 2 aromatic rings. The number of aryl methyl sites for hydroxylation is 1. The molecule has 18 heavy (non-hydrogen) atoms. The number of carbonyl (C=O) groups excluding carboxylic acids is 1. The summed E-state index contributed by atoms with van der Waals surface area (Å²) in [6, 6.07) is 5.97. The number of nitrogens with zero attached hydrogens (tertiary/aromatic N) is 2. The van der Waals surface area contributed by atoms with Gasteiger partial charge in [-0.3, -0.25) is 4.79 Å². The maximum atomic E-state index is 11.5. The Labute approximate surface area is 119 Å². The molecule has 1 heterocycles. The molecule has 0 saturated heterocycles. The average molecular weight is 358 g/mol. The molecule has 1 aromatic carbocycles. The number of rotatable bonds is 4. The Balaban J connectivity index is 2.22. The van der Waals surface area contributed by atoms with Crippen LogP contribution in [0, 0.1) is 3.57 Å². The highest BCUT2D eigenvalue weighted by Crippen LogP contribution is 2.20. The number of benzene rings is 1. The summed E-state index contributed by atoms with van der Waals surface area (Å²) in [5.41, 5.74) is 7.72. The minimum absolute atomic E-state index is 0.0317. The maximum Gasteiger partial charge on any atom is 0.221 e.